The van der Waals surface area contributed by atoms with Crippen LogP contribution in [-0.2, 0) is 11.2 Å². The zero-order chi connectivity index (χ0) is 14.1. The molecule has 0 atom stereocenters. The fraction of sp³-hybridized carbons (Fsp3) is 0.0769. The lowest BCUT2D eigenvalue weighted by Gasteiger charge is -2.16. The lowest BCUT2D eigenvalue weighted by molar-refractivity contribution is -0.116. The van der Waals surface area contributed by atoms with Crippen LogP contribution in [0.5, 0.6) is 0 Å². The molecule has 1 aromatic heterocycles. The van der Waals surface area contributed by atoms with Crippen LogP contribution in [0.4, 0.5) is 23.0 Å². The quantitative estimate of drug-likeness (QED) is 0.480. The topological polar surface area (TPSA) is 108 Å². The van der Waals surface area contributed by atoms with Crippen LogP contribution in [0.15, 0.2) is 30.6 Å². The molecule has 2 heterocycles. The molecule has 3 rings (SSSR count). The van der Waals surface area contributed by atoms with Crippen LogP contribution in [-0.4, -0.2) is 15.9 Å². The molecule has 20 heavy (non-hydrogen) atoms. The van der Waals surface area contributed by atoms with E-state index in [9.17, 15) is 4.79 Å². The molecule has 1 amide bonds. The minimum Gasteiger partial charge on any atom is -0.399 e. The van der Waals surface area contributed by atoms with Gasteiger partial charge in [0.1, 0.15) is 18.0 Å². The average Bonchev–Trinajstić information content (AvgIpc) is 2.74. The van der Waals surface area contributed by atoms with E-state index in [1.165, 1.54) is 11.2 Å². The van der Waals surface area contributed by atoms with Crippen molar-refractivity contribution in [1.29, 1.82) is 5.26 Å². The van der Waals surface area contributed by atoms with Crippen LogP contribution in [0.25, 0.3) is 0 Å². The van der Waals surface area contributed by atoms with Gasteiger partial charge in [-0.2, -0.15) is 5.26 Å². The minimum absolute atomic E-state index is 0.0905. The number of nitriles is 1. The second-order valence-corrected chi connectivity index (χ2v) is 4.29. The van der Waals surface area contributed by atoms with Gasteiger partial charge in [-0.25, -0.2) is 9.97 Å². The van der Waals surface area contributed by atoms with Crippen LogP contribution in [0, 0.1) is 11.5 Å². The third-order valence-electron chi connectivity index (χ3n) is 3.00. The van der Waals surface area contributed by atoms with Gasteiger partial charge in [-0.05, 0) is 23.8 Å². The molecule has 0 radical (unpaired) electrons. The van der Waals surface area contributed by atoms with E-state index in [1.54, 1.807) is 30.5 Å². The largest absolute Gasteiger partial charge is 0.399 e. The van der Waals surface area contributed by atoms with Crippen molar-refractivity contribution in [2.75, 3.05) is 16.0 Å². The predicted octanol–water partition coefficient (Wildman–Crippen LogP) is 1.17. The van der Waals surface area contributed by atoms with Crippen LogP contribution >= 0.6 is 0 Å². The van der Waals surface area contributed by atoms with Crippen molar-refractivity contribution in [2.45, 2.75) is 6.42 Å². The van der Waals surface area contributed by atoms with E-state index in [0.717, 1.165) is 11.3 Å². The number of hydrogen-bond acceptors (Lipinski definition) is 6. The van der Waals surface area contributed by atoms with Gasteiger partial charge in [-0.3, -0.25) is 15.0 Å². The number of aromatic nitrogens is 2. The average molecular weight is 266 g/mol. The lowest BCUT2D eigenvalue weighted by atomic mass is 10.1. The van der Waals surface area contributed by atoms with Crippen LogP contribution < -0.4 is 16.0 Å². The standard InChI is InChI=1S/C13H10N6O/c14-6-16-11-5-12(18-7-17-11)19-10-2-1-9(15)3-8(10)4-13(19)20/h1-3,5,7H,4,15H2,(H,16,17,18). The summed E-state index contributed by atoms with van der Waals surface area (Å²) in [4.78, 5) is 21.6. The Hall–Kier alpha value is -3.14. The lowest BCUT2D eigenvalue weighted by Crippen LogP contribution is -2.22. The van der Waals surface area contributed by atoms with Crippen molar-refractivity contribution in [1.82, 2.24) is 9.97 Å². The Morgan fingerprint density at radius 3 is 3.00 bits per heavy atom. The SMILES string of the molecule is N#CNc1cc(N2C(=O)Cc3cc(N)ccc32)ncn1. The van der Waals surface area contributed by atoms with E-state index in [2.05, 4.69) is 15.3 Å². The smallest absolute Gasteiger partial charge is 0.237 e. The normalized spacial score (nSPS) is 12.9. The molecule has 98 valence electrons. The third kappa shape index (κ3) is 1.89. The second-order valence-electron chi connectivity index (χ2n) is 4.29. The summed E-state index contributed by atoms with van der Waals surface area (Å²) in [5, 5.41) is 11.0. The summed E-state index contributed by atoms with van der Waals surface area (Å²) in [5.74, 6) is 0.674. The molecule has 3 N–H and O–H groups in total. The molecule has 0 aliphatic carbocycles. The zero-order valence-corrected chi connectivity index (χ0v) is 10.4. The minimum atomic E-state index is -0.0905. The van der Waals surface area contributed by atoms with E-state index in [4.69, 9.17) is 11.0 Å². The Morgan fingerprint density at radius 2 is 2.20 bits per heavy atom. The number of carbonyl (C=O) groups is 1. The molecule has 0 saturated carbocycles. The number of nitrogens with zero attached hydrogens (tertiary/aromatic N) is 4. The fourth-order valence-electron chi connectivity index (χ4n) is 2.19. The molecule has 0 saturated heterocycles. The predicted molar refractivity (Wildman–Crippen MR) is 73.0 cm³/mol. The maximum atomic E-state index is 12.2. The van der Waals surface area contributed by atoms with Crippen molar-refractivity contribution < 1.29 is 4.79 Å². The summed E-state index contributed by atoms with van der Waals surface area (Å²) < 4.78 is 0. The van der Waals surface area contributed by atoms with E-state index < -0.39 is 0 Å². The van der Waals surface area contributed by atoms with Gasteiger partial charge in [-0.1, -0.05) is 0 Å². The first-order valence-corrected chi connectivity index (χ1v) is 5.87. The molecule has 0 unspecified atom stereocenters. The molecule has 7 nitrogen and oxygen atoms in total. The Labute approximate surface area is 114 Å². The van der Waals surface area contributed by atoms with Crippen LogP contribution in [0.3, 0.4) is 0 Å². The maximum Gasteiger partial charge on any atom is 0.237 e. The number of nitrogen functional groups attached to an aromatic ring is 1. The fourth-order valence-corrected chi connectivity index (χ4v) is 2.19. The number of benzene rings is 1. The number of carbonyl (C=O) groups excluding carboxylic acids is 1. The molecular weight excluding hydrogens is 256 g/mol. The van der Waals surface area contributed by atoms with E-state index >= 15 is 0 Å². The number of fused-ring (bicyclic) bond motifs is 1. The highest BCUT2D eigenvalue weighted by molar-refractivity contribution is 6.07. The van der Waals surface area contributed by atoms with E-state index in [-0.39, 0.29) is 12.3 Å². The Bertz CT molecular complexity index is 736. The Morgan fingerprint density at radius 1 is 1.35 bits per heavy atom. The molecule has 2 aromatic rings. The van der Waals surface area contributed by atoms with Gasteiger partial charge < -0.3 is 5.73 Å². The number of nitrogens with one attached hydrogen (secondary N) is 1. The first-order chi connectivity index (χ1) is 9.69. The molecular formula is C13H10N6O. The highest BCUT2D eigenvalue weighted by atomic mass is 16.2. The number of anilines is 4. The van der Waals surface area contributed by atoms with Gasteiger partial charge in [0.05, 0.1) is 12.1 Å². The molecule has 1 aliphatic rings. The van der Waals surface area contributed by atoms with Gasteiger partial charge in [0.2, 0.25) is 5.91 Å². The van der Waals surface area contributed by atoms with Gasteiger partial charge in [0, 0.05) is 11.8 Å². The highest BCUT2D eigenvalue weighted by Gasteiger charge is 2.29. The highest BCUT2D eigenvalue weighted by Crippen LogP contribution is 2.35. The Kier molecular flexibility index (Phi) is 2.69. The zero-order valence-electron chi connectivity index (χ0n) is 10.4. The molecule has 0 bridgehead atoms. The molecule has 1 aromatic carbocycles. The number of amides is 1. The van der Waals surface area contributed by atoms with Crippen LogP contribution in [0.2, 0.25) is 0 Å². The molecule has 0 spiro atoms. The van der Waals surface area contributed by atoms with E-state index in [1.807, 2.05) is 0 Å². The number of hydrogen-bond donors (Lipinski definition) is 2. The van der Waals surface area contributed by atoms with E-state index in [0.29, 0.717) is 17.3 Å². The van der Waals surface area contributed by atoms with Crippen molar-refractivity contribution in [3.63, 3.8) is 0 Å². The van der Waals surface area contributed by atoms with Crippen molar-refractivity contribution in [3.05, 3.63) is 36.2 Å². The summed E-state index contributed by atoms with van der Waals surface area (Å²) in [7, 11) is 0. The molecule has 7 heteroatoms. The Balaban J connectivity index is 2.05. The summed E-state index contributed by atoms with van der Waals surface area (Å²) in [6.07, 6.45) is 3.37. The summed E-state index contributed by atoms with van der Waals surface area (Å²) in [6.45, 7) is 0. The monoisotopic (exact) mass is 266 g/mol. The van der Waals surface area contributed by atoms with Gasteiger partial charge in [-0.15, -0.1) is 0 Å². The first kappa shape index (κ1) is 11.9. The van der Waals surface area contributed by atoms with Crippen molar-refractivity contribution in [2.24, 2.45) is 0 Å². The second kappa shape index (κ2) is 4.51. The first-order valence-electron chi connectivity index (χ1n) is 5.87. The summed E-state index contributed by atoms with van der Waals surface area (Å²) >= 11 is 0. The maximum absolute atomic E-state index is 12.2. The number of rotatable bonds is 2. The number of nitrogens with two attached hydrogens (primary N) is 1. The summed E-state index contributed by atoms with van der Waals surface area (Å²) in [5.41, 5.74) is 7.96. The molecule has 1 aliphatic heterocycles. The van der Waals surface area contributed by atoms with Crippen LogP contribution in [0.1, 0.15) is 5.56 Å². The van der Waals surface area contributed by atoms with Crippen molar-refractivity contribution >= 4 is 28.9 Å². The van der Waals surface area contributed by atoms with Gasteiger partial charge >= 0.3 is 0 Å². The van der Waals surface area contributed by atoms with Gasteiger partial charge in [0.25, 0.3) is 0 Å². The third-order valence-corrected chi connectivity index (χ3v) is 3.00. The summed E-state index contributed by atoms with van der Waals surface area (Å²) in [6, 6.07) is 6.85. The van der Waals surface area contributed by atoms with Gasteiger partial charge in [0.15, 0.2) is 6.19 Å². The van der Waals surface area contributed by atoms with Crippen molar-refractivity contribution in [3.8, 4) is 6.19 Å². The molecule has 0 fully saturated rings.